The van der Waals surface area contributed by atoms with Crippen LogP contribution < -0.4 is 11.2 Å². The van der Waals surface area contributed by atoms with Crippen LogP contribution in [0.3, 0.4) is 0 Å². The van der Waals surface area contributed by atoms with E-state index in [9.17, 15) is 9.59 Å². The van der Waals surface area contributed by atoms with Crippen LogP contribution >= 0.6 is 22.9 Å². The van der Waals surface area contributed by atoms with E-state index < -0.39 is 0 Å². The molecule has 2 aromatic carbocycles. The van der Waals surface area contributed by atoms with Gasteiger partial charge in [0.2, 0.25) is 0 Å². The molecule has 0 bridgehead atoms. The summed E-state index contributed by atoms with van der Waals surface area (Å²) in [6.45, 7) is 6.34. The van der Waals surface area contributed by atoms with E-state index in [-0.39, 0.29) is 11.2 Å². The zero-order valence-corrected chi connectivity index (χ0v) is 17.4. The molecule has 142 valence electrons. The molecule has 0 fully saturated rings. The van der Waals surface area contributed by atoms with Crippen molar-refractivity contribution in [3.8, 4) is 5.69 Å². The molecule has 4 nitrogen and oxygen atoms in total. The van der Waals surface area contributed by atoms with Crippen molar-refractivity contribution in [2.24, 2.45) is 0 Å². The first kappa shape index (κ1) is 18.7. The van der Waals surface area contributed by atoms with Gasteiger partial charge in [-0.1, -0.05) is 41.4 Å². The van der Waals surface area contributed by atoms with Gasteiger partial charge in [-0.3, -0.25) is 9.36 Å². The van der Waals surface area contributed by atoms with Gasteiger partial charge in [-0.15, -0.1) is 11.3 Å². The zero-order chi connectivity index (χ0) is 20.0. The third kappa shape index (κ3) is 3.11. The van der Waals surface area contributed by atoms with Crippen molar-refractivity contribution in [2.75, 3.05) is 0 Å². The first-order valence-electron chi connectivity index (χ1n) is 8.94. The van der Waals surface area contributed by atoms with Gasteiger partial charge in [-0.25, -0.2) is 9.36 Å². The molecule has 4 rings (SSSR count). The lowest BCUT2D eigenvalue weighted by atomic mass is 10.1. The monoisotopic (exact) mass is 410 g/mol. The van der Waals surface area contributed by atoms with Gasteiger partial charge < -0.3 is 0 Å². The minimum Gasteiger partial charge on any atom is -0.280 e. The summed E-state index contributed by atoms with van der Waals surface area (Å²) in [5, 5.41) is 1.16. The molecule has 2 aromatic heterocycles. The maximum Gasteiger partial charge on any atom is 0.337 e. The second-order valence-electron chi connectivity index (χ2n) is 6.94. The number of aromatic nitrogens is 2. The zero-order valence-electron chi connectivity index (χ0n) is 15.8. The number of benzene rings is 2. The molecule has 0 spiro atoms. The van der Waals surface area contributed by atoms with Crippen LogP contribution in [0.15, 0.2) is 58.1 Å². The van der Waals surface area contributed by atoms with E-state index >= 15 is 0 Å². The van der Waals surface area contributed by atoms with E-state index in [4.69, 9.17) is 11.6 Å². The molecule has 0 radical (unpaired) electrons. The molecule has 0 saturated heterocycles. The fraction of sp³-hybridized carbons (Fsp3) is 0.182. The SMILES string of the molecule is Cc1cccc(Cn2c(=O)n(-c3ccc(Cl)cc3)c(=O)c3c(C)c(C)sc32)c1. The fourth-order valence-electron chi connectivity index (χ4n) is 3.41. The Bertz CT molecular complexity index is 1310. The molecule has 0 aliphatic carbocycles. The Morgan fingerprint density at radius 3 is 2.39 bits per heavy atom. The average Bonchev–Trinajstić information content (AvgIpc) is 2.95. The van der Waals surface area contributed by atoms with Gasteiger partial charge in [-0.2, -0.15) is 0 Å². The summed E-state index contributed by atoms with van der Waals surface area (Å²) in [7, 11) is 0. The summed E-state index contributed by atoms with van der Waals surface area (Å²) in [6, 6.07) is 14.8. The topological polar surface area (TPSA) is 44.0 Å². The number of rotatable bonds is 3. The molecule has 4 aromatic rings. The van der Waals surface area contributed by atoms with E-state index in [1.54, 1.807) is 28.8 Å². The summed E-state index contributed by atoms with van der Waals surface area (Å²) >= 11 is 7.48. The van der Waals surface area contributed by atoms with Crippen molar-refractivity contribution in [1.82, 2.24) is 9.13 Å². The number of fused-ring (bicyclic) bond motifs is 1. The van der Waals surface area contributed by atoms with Crippen molar-refractivity contribution in [1.29, 1.82) is 0 Å². The van der Waals surface area contributed by atoms with Gasteiger partial charge >= 0.3 is 5.69 Å². The highest BCUT2D eigenvalue weighted by atomic mass is 35.5. The number of halogens is 1. The third-order valence-corrected chi connectivity index (χ3v) is 6.44. The maximum atomic E-state index is 13.4. The molecule has 6 heteroatoms. The van der Waals surface area contributed by atoms with Crippen LogP contribution in [-0.2, 0) is 6.54 Å². The van der Waals surface area contributed by atoms with Crippen LogP contribution in [0.1, 0.15) is 21.6 Å². The summed E-state index contributed by atoms with van der Waals surface area (Å²) in [4.78, 5) is 28.4. The largest absolute Gasteiger partial charge is 0.337 e. The molecule has 2 heterocycles. The van der Waals surface area contributed by atoms with Crippen molar-refractivity contribution < 1.29 is 0 Å². The second-order valence-corrected chi connectivity index (χ2v) is 8.58. The van der Waals surface area contributed by atoms with Gasteiger partial charge in [0, 0.05) is 9.90 Å². The van der Waals surface area contributed by atoms with Crippen molar-refractivity contribution >= 4 is 33.2 Å². The molecular formula is C22H19ClN2O2S. The molecule has 0 amide bonds. The van der Waals surface area contributed by atoms with Gasteiger partial charge in [0.25, 0.3) is 5.56 Å². The lowest BCUT2D eigenvalue weighted by molar-refractivity contribution is 0.719. The van der Waals surface area contributed by atoms with E-state index in [1.165, 1.54) is 15.9 Å². The molecule has 0 aliphatic rings. The third-order valence-electron chi connectivity index (χ3n) is 4.96. The van der Waals surface area contributed by atoms with Gasteiger partial charge in [0.15, 0.2) is 0 Å². The first-order chi connectivity index (χ1) is 13.4. The first-order valence-corrected chi connectivity index (χ1v) is 10.1. The van der Waals surface area contributed by atoms with Crippen LogP contribution in [0.25, 0.3) is 15.9 Å². The Hall–Kier alpha value is -2.63. The number of aryl methyl sites for hydroxylation is 3. The molecule has 28 heavy (non-hydrogen) atoms. The van der Waals surface area contributed by atoms with Crippen molar-refractivity contribution in [3.05, 3.63) is 96.0 Å². The molecule has 0 unspecified atom stereocenters. The normalized spacial score (nSPS) is 11.3. The van der Waals surface area contributed by atoms with E-state index in [0.29, 0.717) is 22.6 Å². The van der Waals surface area contributed by atoms with Crippen molar-refractivity contribution in [3.63, 3.8) is 0 Å². The molecule has 0 aliphatic heterocycles. The Kier molecular flexibility index (Phi) is 4.73. The fourth-order valence-corrected chi connectivity index (χ4v) is 4.67. The van der Waals surface area contributed by atoms with Gasteiger partial charge in [0.1, 0.15) is 4.83 Å². The standard InChI is InChI=1S/C22H19ClN2O2S/c1-13-5-4-6-16(11-13)12-24-21-19(14(2)15(3)28-21)20(26)25(22(24)27)18-9-7-17(23)8-10-18/h4-11H,12H2,1-3H3. The predicted octanol–water partition coefficient (Wildman–Crippen LogP) is 4.84. The smallest absolute Gasteiger partial charge is 0.280 e. The molecule has 0 atom stereocenters. The lowest BCUT2D eigenvalue weighted by Crippen LogP contribution is -2.38. The number of hydrogen-bond acceptors (Lipinski definition) is 3. The Morgan fingerprint density at radius 1 is 1.00 bits per heavy atom. The van der Waals surface area contributed by atoms with Crippen LogP contribution in [0.5, 0.6) is 0 Å². The van der Waals surface area contributed by atoms with Crippen LogP contribution in [0, 0.1) is 20.8 Å². The minimum absolute atomic E-state index is 0.287. The van der Waals surface area contributed by atoms with Crippen LogP contribution in [-0.4, -0.2) is 9.13 Å². The predicted molar refractivity (Wildman–Crippen MR) is 116 cm³/mol. The Labute approximate surface area is 171 Å². The maximum absolute atomic E-state index is 13.4. The lowest BCUT2D eigenvalue weighted by Gasteiger charge is -2.13. The van der Waals surface area contributed by atoms with Crippen LogP contribution in [0.2, 0.25) is 5.02 Å². The highest BCUT2D eigenvalue weighted by molar-refractivity contribution is 7.18. The number of hydrogen-bond donors (Lipinski definition) is 0. The summed E-state index contributed by atoms with van der Waals surface area (Å²) in [5.74, 6) is 0. The second kappa shape index (κ2) is 7.08. The minimum atomic E-state index is -0.345. The summed E-state index contributed by atoms with van der Waals surface area (Å²) < 4.78 is 2.94. The molecule has 0 N–H and O–H groups in total. The van der Waals surface area contributed by atoms with Gasteiger partial charge in [0.05, 0.1) is 17.6 Å². The quantitative estimate of drug-likeness (QED) is 0.485. The Balaban J connectivity index is 2.06. The van der Waals surface area contributed by atoms with E-state index in [2.05, 4.69) is 6.07 Å². The van der Waals surface area contributed by atoms with E-state index in [0.717, 1.165) is 26.4 Å². The van der Waals surface area contributed by atoms with Gasteiger partial charge in [-0.05, 0) is 56.2 Å². The highest BCUT2D eigenvalue weighted by Crippen LogP contribution is 2.27. The Morgan fingerprint density at radius 2 is 1.71 bits per heavy atom. The highest BCUT2D eigenvalue weighted by Gasteiger charge is 2.19. The summed E-state index contributed by atoms with van der Waals surface area (Å²) in [6.07, 6.45) is 0. The molecule has 0 saturated carbocycles. The van der Waals surface area contributed by atoms with E-state index in [1.807, 2.05) is 39.0 Å². The van der Waals surface area contributed by atoms with Crippen LogP contribution in [0.4, 0.5) is 0 Å². The average molecular weight is 411 g/mol. The number of thiophene rings is 1. The van der Waals surface area contributed by atoms with Crippen molar-refractivity contribution in [2.45, 2.75) is 27.3 Å². The summed E-state index contributed by atoms with van der Waals surface area (Å²) in [5.41, 5.74) is 2.96. The molecular weight excluding hydrogens is 392 g/mol. The number of nitrogens with zero attached hydrogens (tertiary/aromatic N) is 2.